The highest BCUT2D eigenvalue weighted by molar-refractivity contribution is 7.90. The van der Waals surface area contributed by atoms with Crippen molar-refractivity contribution in [1.82, 2.24) is 4.98 Å². The molecule has 0 saturated carbocycles. The van der Waals surface area contributed by atoms with Crippen LogP contribution in [0.3, 0.4) is 0 Å². The molecular formula is C15H16ClN3O2S. The van der Waals surface area contributed by atoms with E-state index in [1.54, 1.807) is 24.3 Å². The Morgan fingerprint density at radius 1 is 1.41 bits per heavy atom. The van der Waals surface area contributed by atoms with Crippen molar-refractivity contribution in [2.45, 2.75) is 19.4 Å². The molecule has 22 heavy (non-hydrogen) atoms. The highest BCUT2D eigenvalue weighted by Crippen LogP contribution is 2.24. The van der Waals surface area contributed by atoms with E-state index in [9.17, 15) is 13.7 Å². The third-order valence-corrected chi connectivity index (χ3v) is 4.42. The van der Waals surface area contributed by atoms with E-state index in [1.807, 2.05) is 6.92 Å². The van der Waals surface area contributed by atoms with Crippen LogP contribution in [0.15, 0.2) is 24.3 Å². The van der Waals surface area contributed by atoms with E-state index in [-0.39, 0.29) is 11.8 Å². The number of halogens is 1. The van der Waals surface area contributed by atoms with Crippen LogP contribution in [-0.2, 0) is 9.84 Å². The lowest BCUT2D eigenvalue weighted by Crippen LogP contribution is -2.20. The maximum atomic E-state index is 11.2. The van der Waals surface area contributed by atoms with Gasteiger partial charge in [0.05, 0.1) is 22.9 Å². The zero-order valence-electron chi connectivity index (χ0n) is 12.3. The third kappa shape index (κ3) is 4.33. The van der Waals surface area contributed by atoms with Gasteiger partial charge in [-0.2, -0.15) is 5.26 Å². The maximum Gasteiger partial charge on any atom is 0.147 e. The molecule has 5 nitrogen and oxygen atoms in total. The molecular weight excluding hydrogens is 322 g/mol. The lowest BCUT2D eigenvalue weighted by atomic mass is 10.1. The number of sulfone groups is 1. The highest BCUT2D eigenvalue weighted by atomic mass is 35.5. The van der Waals surface area contributed by atoms with Gasteiger partial charge in [0.1, 0.15) is 15.7 Å². The van der Waals surface area contributed by atoms with Gasteiger partial charge in [0.2, 0.25) is 0 Å². The quantitative estimate of drug-likeness (QED) is 0.906. The molecule has 0 saturated heterocycles. The van der Waals surface area contributed by atoms with E-state index in [4.69, 9.17) is 11.6 Å². The molecule has 0 aliphatic carbocycles. The summed E-state index contributed by atoms with van der Waals surface area (Å²) in [6.45, 7) is 1.88. The summed E-state index contributed by atoms with van der Waals surface area (Å²) in [5.74, 6) is 0.655. The molecule has 1 atom stereocenters. The Labute approximate surface area is 134 Å². The largest absolute Gasteiger partial charge is 0.368 e. The fourth-order valence-corrected chi connectivity index (χ4v) is 3.03. The van der Waals surface area contributed by atoms with Crippen LogP contribution >= 0.6 is 11.6 Å². The van der Waals surface area contributed by atoms with Crippen LogP contribution in [0.25, 0.3) is 10.9 Å². The minimum absolute atomic E-state index is 0.0708. The van der Waals surface area contributed by atoms with Gasteiger partial charge in [0.15, 0.2) is 0 Å². The predicted octanol–water partition coefficient (Wildman–Crippen LogP) is 2.99. The van der Waals surface area contributed by atoms with Crippen LogP contribution in [0.2, 0.25) is 5.02 Å². The first kappa shape index (κ1) is 16.5. The Balaban J connectivity index is 2.25. The Morgan fingerprint density at radius 3 is 2.77 bits per heavy atom. The number of nitriles is 1. The van der Waals surface area contributed by atoms with Gasteiger partial charge in [-0.3, -0.25) is 0 Å². The van der Waals surface area contributed by atoms with Crippen molar-refractivity contribution in [3.8, 4) is 6.07 Å². The van der Waals surface area contributed by atoms with Crippen LogP contribution in [0.1, 0.15) is 18.9 Å². The molecule has 0 bridgehead atoms. The van der Waals surface area contributed by atoms with Crippen molar-refractivity contribution in [3.05, 3.63) is 34.9 Å². The summed E-state index contributed by atoms with van der Waals surface area (Å²) in [4.78, 5) is 4.44. The number of rotatable bonds is 5. The molecule has 116 valence electrons. The monoisotopic (exact) mass is 337 g/mol. The summed E-state index contributed by atoms with van der Waals surface area (Å²) >= 11 is 5.95. The van der Waals surface area contributed by atoms with E-state index in [1.165, 1.54) is 6.26 Å². The van der Waals surface area contributed by atoms with E-state index < -0.39 is 9.84 Å². The van der Waals surface area contributed by atoms with Crippen LogP contribution in [-0.4, -0.2) is 31.5 Å². The van der Waals surface area contributed by atoms with Crippen molar-refractivity contribution in [2.24, 2.45) is 0 Å². The zero-order chi connectivity index (χ0) is 16.3. The second-order valence-electron chi connectivity index (χ2n) is 5.29. The molecule has 0 fully saturated rings. The Kier molecular flexibility index (Phi) is 4.89. The molecule has 1 aromatic heterocycles. The average Bonchev–Trinajstić information content (AvgIpc) is 2.44. The van der Waals surface area contributed by atoms with Crippen molar-refractivity contribution in [1.29, 1.82) is 5.26 Å². The number of fused-ring (bicyclic) bond motifs is 1. The molecule has 1 unspecified atom stereocenters. The molecule has 1 aromatic carbocycles. The number of hydrogen-bond acceptors (Lipinski definition) is 5. The van der Waals surface area contributed by atoms with Gasteiger partial charge in [-0.05, 0) is 37.6 Å². The van der Waals surface area contributed by atoms with Crippen LogP contribution in [0.4, 0.5) is 5.82 Å². The number of hydrogen-bond donors (Lipinski definition) is 1. The summed E-state index contributed by atoms with van der Waals surface area (Å²) < 4.78 is 22.4. The summed E-state index contributed by atoms with van der Waals surface area (Å²) in [5.41, 5.74) is 1.14. The van der Waals surface area contributed by atoms with Gasteiger partial charge in [0.25, 0.3) is 0 Å². The van der Waals surface area contributed by atoms with E-state index in [2.05, 4.69) is 16.4 Å². The van der Waals surface area contributed by atoms with Crippen LogP contribution in [0.5, 0.6) is 0 Å². The van der Waals surface area contributed by atoms with Gasteiger partial charge < -0.3 is 5.32 Å². The molecule has 0 amide bonds. The molecule has 0 radical (unpaired) electrons. The lowest BCUT2D eigenvalue weighted by molar-refractivity contribution is 0.595. The van der Waals surface area contributed by atoms with E-state index in [0.29, 0.717) is 33.7 Å². The van der Waals surface area contributed by atoms with Gasteiger partial charge in [0, 0.05) is 22.7 Å². The summed E-state index contributed by atoms with van der Waals surface area (Å²) in [5, 5.41) is 13.7. The van der Waals surface area contributed by atoms with Gasteiger partial charge in [-0.15, -0.1) is 0 Å². The van der Waals surface area contributed by atoms with Gasteiger partial charge in [-0.1, -0.05) is 11.6 Å². The van der Waals surface area contributed by atoms with Crippen molar-refractivity contribution in [3.63, 3.8) is 0 Å². The SMILES string of the molecule is CC(CCS(C)(=O)=O)Nc1cc(C#N)c2cc(Cl)ccc2n1. The first-order valence-corrected chi connectivity index (χ1v) is 9.17. The Bertz CT molecular complexity index is 844. The number of nitrogens with one attached hydrogen (secondary N) is 1. The molecule has 0 spiro atoms. The van der Waals surface area contributed by atoms with Gasteiger partial charge >= 0.3 is 0 Å². The second kappa shape index (κ2) is 6.51. The lowest BCUT2D eigenvalue weighted by Gasteiger charge is -2.15. The number of anilines is 1. The van der Waals surface area contributed by atoms with E-state index >= 15 is 0 Å². The number of aromatic nitrogens is 1. The number of benzene rings is 1. The van der Waals surface area contributed by atoms with Gasteiger partial charge in [-0.25, -0.2) is 13.4 Å². The molecule has 1 N–H and O–H groups in total. The fraction of sp³-hybridized carbons (Fsp3) is 0.333. The summed E-state index contributed by atoms with van der Waals surface area (Å²) in [6, 6.07) is 8.89. The standard InChI is InChI=1S/C15H16ClN3O2S/c1-10(5-6-22(2,20)21)18-15-7-11(9-17)13-8-12(16)3-4-14(13)19-15/h3-4,7-8,10H,5-6H2,1-2H3,(H,18,19). The minimum atomic E-state index is -2.99. The molecule has 2 rings (SSSR count). The van der Waals surface area contributed by atoms with Crippen molar-refractivity contribution < 1.29 is 8.42 Å². The van der Waals surface area contributed by atoms with Crippen LogP contribution < -0.4 is 5.32 Å². The first-order chi connectivity index (χ1) is 10.3. The molecule has 0 aliphatic heterocycles. The number of nitrogens with zero attached hydrogens (tertiary/aromatic N) is 2. The third-order valence-electron chi connectivity index (χ3n) is 3.21. The molecule has 1 heterocycles. The number of pyridine rings is 1. The Hall–Kier alpha value is -1.84. The highest BCUT2D eigenvalue weighted by Gasteiger charge is 2.11. The zero-order valence-corrected chi connectivity index (χ0v) is 13.9. The molecule has 2 aromatic rings. The first-order valence-electron chi connectivity index (χ1n) is 6.73. The smallest absolute Gasteiger partial charge is 0.147 e. The topological polar surface area (TPSA) is 82.9 Å². The molecule has 0 aliphatic rings. The molecule has 7 heteroatoms. The predicted molar refractivity (Wildman–Crippen MR) is 88.9 cm³/mol. The average molecular weight is 338 g/mol. The Morgan fingerprint density at radius 2 is 2.14 bits per heavy atom. The van der Waals surface area contributed by atoms with Crippen molar-refractivity contribution >= 4 is 38.2 Å². The summed E-state index contributed by atoms with van der Waals surface area (Å²) in [7, 11) is -2.99. The second-order valence-corrected chi connectivity index (χ2v) is 7.99. The van der Waals surface area contributed by atoms with Crippen molar-refractivity contribution in [2.75, 3.05) is 17.3 Å². The summed E-state index contributed by atoms with van der Waals surface area (Å²) in [6.07, 6.45) is 1.69. The fourth-order valence-electron chi connectivity index (χ4n) is 2.08. The normalized spacial score (nSPS) is 12.8. The minimum Gasteiger partial charge on any atom is -0.368 e. The maximum absolute atomic E-state index is 11.2. The van der Waals surface area contributed by atoms with Crippen LogP contribution in [0, 0.1) is 11.3 Å². The van der Waals surface area contributed by atoms with E-state index in [0.717, 1.165) is 0 Å².